The van der Waals surface area contributed by atoms with Gasteiger partial charge in [0.1, 0.15) is 0 Å². The SMILES string of the molecule is CC(C)NC(=O)CCS(=O)c1ccc(CC(=O)O)cc1. The van der Waals surface area contributed by atoms with Crippen LogP contribution in [-0.4, -0.2) is 33.0 Å². The zero-order valence-electron chi connectivity index (χ0n) is 11.6. The van der Waals surface area contributed by atoms with Gasteiger partial charge in [0.05, 0.1) is 17.2 Å². The van der Waals surface area contributed by atoms with Crippen LogP contribution in [0.2, 0.25) is 0 Å². The van der Waals surface area contributed by atoms with Crippen LogP contribution in [0.1, 0.15) is 25.8 Å². The van der Waals surface area contributed by atoms with Crippen molar-refractivity contribution in [2.75, 3.05) is 5.75 Å². The van der Waals surface area contributed by atoms with Gasteiger partial charge in [-0.15, -0.1) is 0 Å². The molecule has 0 saturated carbocycles. The molecule has 5 nitrogen and oxygen atoms in total. The van der Waals surface area contributed by atoms with E-state index >= 15 is 0 Å². The first-order valence-corrected chi connectivity index (χ1v) is 7.69. The lowest BCUT2D eigenvalue weighted by molar-refractivity contribution is -0.136. The summed E-state index contributed by atoms with van der Waals surface area (Å²) in [5.41, 5.74) is 0.663. The second kappa shape index (κ2) is 7.79. The van der Waals surface area contributed by atoms with Crippen molar-refractivity contribution in [2.45, 2.75) is 37.6 Å². The number of carbonyl (C=O) groups is 2. The Morgan fingerprint density at radius 1 is 1.25 bits per heavy atom. The van der Waals surface area contributed by atoms with Crippen LogP contribution in [0.5, 0.6) is 0 Å². The molecule has 1 rings (SSSR count). The van der Waals surface area contributed by atoms with Gasteiger partial charge < -0.3 is 10.4 Å². The van der Waals surface area contributed by atoms with Crippen LogP contribution in [-0.2, 0) is 26.8 Å². The molecule has 20 heavy (non-hydrogen) atoms. The van der Waals surface area contributed by atoms with Gasteiger partial charge in [0, 0.05) is 23.1 Å². The molecule has 0 heterocycles. The Balaban J connectivity index is 2.51. The van der Waals surface area contributed by atoms with Crippen molar-refractivity contribution in [2.24, 2.45) is 0 Å². The van der Waals surface area contributed by atoms with Gasteiger partial charge in [-0.3, -0.25) is 13.8 Å². The molecule has 0 radical (unpaired) electrons. The first kappa shape index (κ1) is 16.4. The Kier molecular flexibility index (Phi) is 6.38. The van der Waals surface area contributed by atoms with E-state index in [2.05, 4.69) is 5.32 Å². The lowest BCUT2D eigenvalue weighted by atomic mass is 10.2. The van der Waals surface area contributed by atoms with Crippen LogP contribution in [0.15, 0.2) is 29.2 Å². The Labute approximate surface area is 120 Å². The Hall–Kier alpha value is -1.69. The van der Waals surface area contributed by atoms with Crippen molar-refractivity contribution in [1.82, 2.24) is 5.32 Å². The van der Waals surface area contributed by atoms with E-state index in [1.807, 2.05) is 13.8 Å². The lowest BCUT2D eigenvalue weighted by Crippen LogP contribution is -2.30. The molecule has 0 aromatic heterocycles. The summed E-state index contributed by atoms with van der Waals surface area (Å²) in [6, 6.07) is 6.67. The predicted octanol–water partition coefficient (Wildman–Crippen LogP) is 1.34. The summed E-state index contributed by atoms with van der Waals surface area (Å²) >= 11 is 0. The quantitative estimate of drug-likeness (QED) is 0.795. The summed E-state index contributed by atoms with van der Waals surface area (Å²) in [5, 5.41) is 11.4. The van der Waals surface area contributed by atoms with E-state index in [4.69, 9.17) is 5.11 Å². The molecule has 0 aliphatic heterocycles. The van der Waals surface area contributed by atoms with Gasteiger partial charge in [0.15, 0.2) is 0 Å². The number of nitrogens with one attached hydrogen (secondary N) is 1. The molecule has 6 heteroatoms. The molecule has 1 aromatic carbocycles. The average Bonchev–Trinajstić information content (AvgIpc) is 2.35. The standard InChI is InChI=1S/C14H19NO4S/c1-10(2)15-13(16)7-8-20(19)12-5-3-11(4-6-12)9-14(17)18/h3-6,10H,7-9H2,1-2H3,(H,15,16)(H,17,18). The van der Waals surface area contributed by atoms with Crippen LogP contribution in [0.3, 0.4) is 0 Å². The summed E-state index contributed by atoms with van der Waals surface area (Å²) in [5.74, 6) is -0.753. The first-order valence-electron chi connectivity index (χ1n) is 6.37. The second-order valence-electron chi connectivity index (χ2n) is 4.74. The molecular formula is C14H19NO4S. The normalized spacial score (nSPS) is 12.2. The highest BCUT2D eigenvalue weighted by molar-refractivity contribution is 7.85. The van der Waals surface area contributed by atoms with E-state index in [0.29, 0.717) is 10.5 Å². The number of carbonyl (C=O) groups excluding carboxylic acids is 1. The van der Waals surface area contributed by atoms with Crippen molar-refractivity contribution < 1.29 is 18.9 Å². The molecule has 0 spiro atoms. The molecule has 0 saturated heterocycles. The fraction of sp³-hybridized carbons (Fsp3) is 0.429. The summed E-state index contributed by atoms with van der Waals surface area (Å²) in [7, 11) is -1.25. The fourth-order valence-electron chi connectivity index (χ4n) is 1.63. The molecule has 1 unspecified atom stereocenters. The second-order valence-corrected chi connectivity index (χ2v) is 6.31. The predicted molar refractivity (Wildman–Crippen MR) is 77.0 cm³/mol. The summed E-state index contributed by atoms with van der Waals surface area (Å²) < 4.78 is 12.0. The number of hydrogen-bond acceptors (Lipinski definition) is 3. The molecule has 0 fully saturated rings. The average molecular weight is 297 g/mol. The van der Waals surface area contributed by atoms with Gasteiger partial charge >= 0.3 is 5.97 Å². The van der Waals surface area contributed by atoms with Crippen LogP contribution >= 0.6 is 0 Å². The highest BCUT2D eigenvalue weighted by Crippen LogP contribution is 2.10. The minimum atomic E-state index is -1.25. The third-order valence-electron chi connectivity index (χ3n) is 2.51. The molecule has 110 valence electrons. The summed E-state index contributed by atoms with van der Waals surface area (Å²) in [6.45, 7) is 3.74. The number of carboxylic acid groups (broad SMARTS) is 1. The maximum atomic E-state index is 12.0. The van der Waals surface area contributed by atoms with Crippen LogP contribution in [0.4, 0.5) is 0 Å². The molecule has 1 amide bonds. The maximum Gasteiger partial charge on any atom is 0.307 e. The van der Waals surface area contributed by atoms with E-state index in [1.165, 1.54) is 0 Å². The van der Waals surface area contributed by atoms with Gasteiger partial charge in [0.25, 0.3) is 0 Å². The van der Waals surface area contributed by atoms with Crippen molar-refractivity contribution >= 4 is 22.7 Å². The topological polar surface area (TPSA) is 83.5 Å². The van der Waals surface area contributed by atoms with E-state index in [9.17, 15) is 13.8 Å². The highest BCUT2D eigenvalue weighted by atomic mass is 32.2. The van der Waals surface area contributed by atoms with Gasteiger partial charge in [-0.1, -0.05) is 12.1 Å². The first-order chi connectivity index (χ1) is 9.38. The molecule has 0 bridgehead atoms. The van der Waals surface area contributed by atoms with Gasteiger partial charge in [0.2, 0.25) is 5.91 Å². The number of benzene rings is 1. The van der Waals surface area contributed by atoms with E-state index in [-0.39, 0.29) is 30.5 Å². The molecule has 1 atom stereocenters. The van der Waals surface area contributed by atoms with E-state index in [1.54, 1.807) is 24.3 Å². The number of hydrogen-bond donors (Lipinski definition) is 2. The third-order valence-corrected chi connectivity index (χ3v) is 3.88. The van der Waals surface area contributed by atoms with Gasteiger partial charge in [-0.2, -0.15) is 0 Å². The Morgan fingerprint density at radius 3 is 2.35 bits per heavy atom. The molecule has 1 aromatic rings. The van der Waals surface area contributed by atoms with Crippen molar-refractivity contribution in [3.05, 3.63) is 29.8 Å². The van der Waals surface area contributed by atoms with Gasteiger partial charge in [-0.25, -0.2) is 0 Å². The number of amides is 1. The van der Waals surface area contributed by atoms with Crippen molar-refractivity contribution in [3.63, 3.8) is 0 Å². The number of carboxylic acids is 1. The highest BCUT2D eigenvalue weighted by Gasteiger charge is 2.09. The van der Waals surface area contributed by atoms with Gasteiger partial charge in [-0.05, 0) is 31.5 Å². The van der Waals surface area contributed by atoms with Crippen LogP contribution < -0.4 is 5.32 Å². The third kappa shape index (κ3) is 5.97. The Morgan fingerprint density at radius 2 is 1.85 bits per heavy atom. The minimum Gasteiger partial charge on any atom is -0.481 e. The monoisotopic (exact) mass is 297 g/mol. The molecular weight excluding hydrogens is 278 g/mol. The molecule has 0 aliphatic carbocycles. The smallest absolute Gasteiger partial charge is 0.307 e. The molecule has 0 aliphatic rings. The fourth-order valence-corrected chi connectivity index (χ4v) is 2.68. The summed E-state index contributed by atoms with van der Waals surface area (Å²) in [6.07, 6.45) is 0.158. The Bertz CT molecular complexity index is 496. The van der Waals surface area contributed by atoms with Crippen LogP contribution in [0.25, 0.3) is 0 Å². The maximum absolute atomic E-state index is 12.0. The largest absolute Gasteiger partial charge is 0.481 e. The van der Waals surface area contributed by atoms with E-state index < -0.39 is 16.8 Å². The number of rotatable bonds is 7. The minimum absolute atomic E-state index is 0.0519. The van der Waals surface area contributed by atoms with Crippen LogP contribution in [0, 0.1) is 0 Å². The number of aliphatic carboxylic acids is 1. The zero-order chi connectivity index (χ0) is 15.1. The lowest BCUT2D eigenvalue weighted by Gasteiger charge is -2.08. The van der Waals surface area contributed by atoms with Crippen molar-refractivity contribution in [1.29, 1.82) is 0 Å². The van der Waals surface area contributed by atoms with Crippen molar-refractivity contribution in [3.8, 4) is 0 Å². The summed E-state index contributed by atoms with van der Waals surface area (Å²) in [4.78, 5) is 22.6. The molecule has 2 N–H and O–H groups in total. The van der Waals surface area contributed by atoms with E-state index in [0.717, 1.165) is 0 Å². The zero-order valence-corrected chi connectivity index (χ0v) is 12.4.